The van der Waals surface area contributed by atoms with Gasteiger partial charge in [0.05, 0.1) is 19.1 Å². The first kappa shape index (κ1) is 13.6. The molecule has 2 aromatic rings. The van der Waals surface area contributed by atoms with Gasteiger partial charge in [0.25, 0.3) is 0 Å². The predicted octanol–water partition coefficient (Wildman–Crippen LogP) is 2.70. The summed E-state index contributed by atoms with van der Waals surface area (Å²) < 4.78 is 0. The molecule has 0 aliphatic carbocycles. The maximum Gasteiger partial charge on any atom is 0.229 e. The summed E-state index contributed by atoms with van der Waals surface area (Å²) in [6.07, 6.45) is 0.410. The van der Waals surface area contributed by atoms with Gasteiger partial charge in [-0.2, -0.15) is 0 Å². The second kappa shape index (κ2) is 5.58. The highest BCUT2D eigenvalue weighted by molar-refractivity contribution is 5.97. The zero-order valence-electron chi connectivity index (χ0n) is 11.9. The third-order valence-electron chi connectivity index (χ3n) is 3.94. The van der Waals surface area contributed by atoms with E-state index in [-0.39, 0.29) is 18.6 Å². The van der Waals surface area contributed by atoms with Gasteiger partial charge < -0.3 is 15.3 Å². The van der Waals surface area contributed by atoms with Crippen molar-refractivity contribution in [2.45, 2.75) is 19.1 Å². The lowest BCUT2D eigenvalue weighted by Crippen LogP contribution is -2.35. The van der Waals surface area contributed by atoms with Crippen LogP contribution < -0.4 is 10.2 Å². The molecule has 2 aromatic carbocycles. The van der Waals surface area contributed by atoms with E-state index in [0.29, 0.717) is 6.42 Å². The monoisotopic (exact) mass is 282 g/mol. The Morgan fingerprint density at radius 1 is 1.19 bits per heavy atom. The quantitative estimate of drug-likeness (QED) is 0.910. The van der Waals surface area contributed by atoms with Crippen molar-refractivity contribution < 1.29 is 9.90 Å². The molecule has 0 radical (unpaired) electrons. The molecule has 2 N–H and O–H groups in total. The number of hydrogen-bond acceptors (Lipinski definition) is 3. The van der Waals surface area contributed by atoms with E-state index in [1.54, 1.807) is 11.9 Å². The molecular weight excluding hydrogens is 264 g/mol. The SMILES string of the molecule is CN1C(=O)CC(Nc2ccccc2CO)c2ccccc21. The second-order valence-corrected chi connectivity index (χ2v) is 5.23. The number of nitrogens with one attached hydrogen (secondary N) is 1. The summed E-state index contributed by atoms with van der Waals surface area (Å²) >= 11 is 0. The van der Waals surface area contributed by atoms with Crippen molar-refractivity contribution in [1.29, 1.82) is 0 Å². The number of aliphatic hydroxyl groups is 1. The molecule has 0 saturated carbocycles. The third-order valence-corrected chi connectivity index (χ3v) is 3.94. The van der Waals surface area contributed by atoms with Crippen LogP contribution in [-0.4, -0.2) is 18.1 Å². The molecule has 1 unspecified atom stereocenters. The lowest BCUT2D eigenvalue weighted by atomic mass is 9.95. The molecule has 1 heterocycles. The van der Waals surface area contributed by atoms with E-state index in [0.717, 1.165) is 22.5 Å². The van der Waals surface area contributed by atoms with E-state index in [1.165, 1.54) is 0 Å². The van der Waals surface area contributed by atoms with Crippen LogP contribution in [0.25, 0.3) is 0 Å². The zero-order chi connectivity index (χ0) is 14.8. The molecule has 0 saturated heterocycles. The number of benzene rings is 2. The molecule has 0 aromatic heterocycles. The van der Waals surface area contributed by atoms with Crippen molar-refractivity contribution in [1.82, 2.24) is 0 Å². The van der Waals surface area contributed by atoms with E-state index in [2.05, 4.69) is 5.32 Å². The number of amides is 1. The molecule has 4 heteroatoms. The summed E-state index contributed by atoms with van der Waals surface area (Å²) in [7, 11) is 1.80. The Balaban J connectivity index is 1.96. The summed E-state index contributed by atoms with van der Waals surface area (Å²) in [6, 6.07) is 15.5. The van der Waals surface area contributed by atoms with Gasteiger partial charge in [0.15, 0.2) is 0 Å². The number of para-hydroxylation sites is 2. The number of aliphatic hydroxyl groups excluding tert-OH is 1. The van der Waals surface area contributed by atoms with Crippen molar-refractivity contribution in [2.75, 3.05) is 17.3 Å². The van der Waals surface area contributed by atoms with Crippen LogP contribution in [0.3, 0.4) is 0 Å². The molecule has 108 valence electrons. The highest BCUT2D eigenvalue weighted by atomic mass is 16.3. The standard InChI is InChI=1S/C17H18N2O2/c1-19-16-9-5-3-7-13(16)15(10-17(19)21)18-14-8-4-2-6-12(14)11-20/h2-9,15,18,20H,10-11H2,1H3. The lowest BCUT2D eigenvalue weighted by Gasteiger charge is -2.32. The smallest absolute Gasteiger partial charge is 0.229 e. The Morgan fingerprint density at radius 2 is 1.90 bits per heavy atom. The Labute approximate surface area is 124 Å². The van der Waals surface area contributed by atoms with Crippen molar-refractivity contribution >= 4 is 17.3 Å². The Hall–Kier alpha value is -2.33. The van der Waals surface area contributed by atoms with Crippen molar-refractivity contribution in [3.05, 3.63) is 59.7 Å². The van der Waals surface area contributed by atoms with E-state index in [4.69, 9.17) is 0 Å². The molecule has 21 heavy (non-hydrogen) atoms. The second-order valence-electron chi connectivity index (χ2n) is 5.23. The van der Waals surface area contributed by atoms with Gasteiger partial charge in [-0.1, -0.05) is 36.4 Å². The van der Waals surface area contributed by atoms with Crippen LogP contribution >= 0.6 is 0 Å². The minimum atomic E-state index is -0.0717. The van der Waals surface area contributed by atoms with E-state index >= 15 is 0 Å². The van der Waals surface area contributed by atoms with Crippen LogP contribution in [0.15, 0.2) is 48.5 Å². The molecule has 0 spiro atoms. The molecule has 1 amide bonds. The lowest BCUT2D eigenvalue weighted by molar-refractivity contribution is -0.118. The van der Waals surface area contributed by atoms with E-state index in [1.807, 2.05) is 48.5 Å². The van der Waals surface area contributed by atoms with Crippen LogP contribution in [0.1, 0.15) is 23.6 Å². The van der Waals surface area contributed by atoms with Crippen molar-refractivity contribution in [3.63, 3.8) is 0 Å². The van der Waals surface area contributed by atoms with Gasteiger partial charge in [-0.05, 0) is 17.7 Å². The Morgan fingerprint density at radius 3 is 2.71 bits per heavy atom. The van der Waals surface area contributed by atoms with E-state index in [9.17, 15) is 9.90 Å². The van der Waals surface area contributed by atoms with Crippen molar-refractivity contribution in [3.8, 4) is 0 Å². The van der Waals surface area contributed by atoms with Crippen LogP contribution in [-0.2, 0) is 11.4 Å². The van der Waals surface area contributed by atoms with Gasteiger partial charge in [0.2, 0.25) is 5.91 Å². The first-order valence-electron chi connectivity index (χ1n) is 7.01. The van der Waals surface area contributed by atoms with Gasteiger partial charge in [0, 0.05) is 24.0 Å². The average molecular weight is 282 g/mol. The number of hydrogen-bond donors (Lipinski definition) is 2. The summed E-state index contributed by atoms with van der Waals surface area (Å²) in [5.74, 6) is 0.0904. The Kier molecular flexibility index (Phi) is 3.62. The number of anilines is 2. The number of rotatable bonds is 3. The minimum Gasteiger partial charge on any atom is -0.392 e. The molecule has 4 nitrogen and oxygen atoms in total. The molecule has 1 aliphatic rings. The fraction of sp³-hybridized carbons (Fsp3) is 0.235. The van der Waals surface area contributed by atoms with Gasteiger partial charge in [-0.3, -0.25) is 4.79 Å². The van der Waals surface area contributed by atoms with Gasteiger partial charge >= 0.3 is 0 Å². The summed E-state index contributed by atoms with van der Waals surface area (Å²) in [5.41, 5.74) is 3.75. The zero-order valence-corrected chi connectivity index (χ0v) is 11.9. The number of carbonyl (C=O) groups excluding carboxylic acids is 1. The first-order chi connectivity index (χ1) is 10.2. The molecule has 0 fully saturated rings. The molecular formula is C17H18N2O2. The molecule has 1 atom stereocenters. The number of nitrogens with zero attached hydrogens (tertiary/aromatic N) is 1. The Bertz CT molecular complexity index is 669. The minimum absolute atomic E-state index is 0.0224. The fourth-order valence-corrected chi connectivity index (χ4v) is 2.76. The maximum absolute atomic E-state index is 12.1. The van der Waals surface area contributed by atoms with Gasteiger partial charge in [-0.25, -0.2) is 0 Å². The van der Waals surface area contributed by atoms with Crippen LogP contribution in [0, 0.1) is 0 Å². The number of carbonyl (C=O) groups is 1. The molecule has 0 bridgehead atoms. The average Bonchev–Trinajstić information content (AvgIpc) is 2.53. The molecule has 1 aliphatic heterocycles. The normalized spacial score (nSPS) is 17.5. The van der Waals surface area contributed by atoms with Crippen molar-refractivity contribution in [2.24, 2.45) is 0 Å². The summed E-state index contributed by atoms with van der Waals surface area (Å²) in [5, 5.41) is 12.8. The van der Waals surface area contributed by atoms with Crippen LogP contribution in [0.5, 0.6) is 0 Å². The first-order valence-corrected chi connectivity index (χ1v) is 7.01. The number of fused-ring (bicyclic) bond motifs is 1. The summed E-state index contributed by atoms with van der Waals surface area (Å²) in [6.45, 7) is -0.0224. The highest BCUT2D eigenvalue weighted by Gasteiger charge is 2.28. The van der Waals surface area contributed by atoms with Crippen LogP contribution in [0.4, 0.5) is 11.4 Å². The van der Waals surface area contributed by atoms with Gasteiger partial charge in [-0.15, -0.1) is 0 Å². The van der Waals surface area contributed by atoms with Gasteiger partial charge in [0.1, 0.15) is 0 Å². The predicted molar refractivity (Wildman–Crippen MR) is 83.2 cm³/mol. The van der Waals surface area contributed by atoms with Crippen LogP contribution in [0.2, 0.25) is 0 Å². The summed E-state index contributed by atoms with van der Waals surface area (Å²) in [4.78, 5) is 13.8. The third kappa shape index (κ3) is 2.50. The highest BCUT2D eigenvalue weighted by Crippen LogP contribution is 2.36. The maximum atomic E-state index is 12.1. The largest absolute Gasteiger partial charge is 0.392 e. The molecule has 3 rings (SSSR count). The topological polar surface area (TPSA) is 52.6 Å². The fourth-order valence-electron chi connectivity index (χ4n) is 2.76. The van der Waals surface area contributed by atoms with E-state index < -0.39 is 0 Å².